The first-order valence-electron chi connectivity index (χ1n) is 6.81. The Hall–Kier alpha value is -2.26. The van der Waals surface area contributed by atoms with Crippen molar-refractivity contribution in [1.82, 2.24) is 19.9 Å². The molecule has 0 aromatic carbocycles. The number of nitrogens with one attached hydrogen (secondary N) is 3. The third-order valence-electron chi connectivity index (χ3n) is 2.73. The van der Waals surface area contributed by atoms with E-state index in [1.807, 2.05) is 12.1 Å². The second-order valence-corrected chi connectivity index (χ2v) is 6.49. The number of sulfonamides is 1. The van der Waals surface area contributed by atoms with Gasteiger partial charge in [-0.3, -0.25) is 4.98 Å². The second kappa shape index (κ2) is 7.66. The molecular weight excluding hydrogens is 304 g/mol. The van der Waals surface area contributed by atoms with Gasteiger partial charge >= 0.3 is 0 Å². The molecular formula is C13H18N6O2S. The van der Waals surface area contributed by atoms with Crippen LogP contribution < -0.4 is 15.4 Å². The molecule has 0 unspecified atom stereocenters. The smallest absolute Gasteiger partial charge is 0.211 e. The quantitative estimate of drug-likeness (QED) is 0.621. The lowest BCUT2D eigenvalue weighted by Gasteiger charge is -2.08. The van der Waals surface area contributed by atoms with Crippen molar-refractivity contribution in [1.29, 1.82) is 0 Å². The van der Waals surface area contributed by atoms with Gasteiger partial charge in [0.15, 0.2) is 5.82 Å². The Balaban J connectivity index is 1.80. The Kier molecular flexibility index (Phi) is 5.61. The van der Waals surface area contributed by atoms with Crippen LogP contribution in [0.25, 0.3) is 0 Å². The molecule has 2 heterocycles. The van der Waals surface area contributed by atoms with Crippen molar-refractivity contribution in [2.75, 3.05) is 29.5 Å². The summed E-state index contributed by atoms with van der Waals surface area (Å²) in [5.41, 5.74) is 0.825. The minimum atomic E-state index is -3.16. The highest BCUT2D eigenvalue weighted by molar-refractivity contribution is 7.89. The first kappa shape index (κ1) is 16.1. The molecule has 8 nitrogen and oxygen atoms in total. The number of aromatic nitrogens is 3. The predicted octanol–water partition coefficient (Wildman–Crippen LogP) is 0.966. The lowest BCUT2D eigenvalue weighted by atomic mass is 10.4. The SMILES string of the molecule is CCS(=O)(=O)NCCNc1ccc(Nc2cccnc2)nn1. The number of hydrogen-bond acceptors (Lipinski definition) is 7. The second-order valence-electron chi connectivity index (χ2n) is 4.40. The molecule has 0 bridgehead atoms. The molecule has 0 aliphatic rings. The van der Waals surface area contributed by atoms with Crippen LogP contribution in [0.15, 0.2) is 36.7 Å². The van der Waals surface area contributed by atoms with Crippen LogP contribution in [0.1, 0.15) is 6.92 Å². The molecule has 0 saturated carbocycles. The number of rotatable bonds is 8. The Morgan fingerprint density at radius 3 is 2.50 bits per heavy atom. The van der Waals surface area contributed by atoms with Crippen molar-refractivity contribution in [2.45, 2.75) is 6.92 Å². The summed E-state index contributed by atoms with van der Waals surface area (Å²) in [6.07, 6.45) is 3.38. The normalized spacial score (nSPS) is 11.1. The van der Waals surface area contributed by atoms with Crippen molar-refractivity contribution in [3.63, 3.8) is 0 Å². The van der Waals surface area contributed by atoms with E-state index in [0.29, 0.717) is 24.7 Å². The van der Waals surface area contributed by atoms with E-state index in [2.05, 4.69) is 30.5 Å². The highest BCUT2D eigenvalue weighted by Gasteiger charge is 2.04. The van der Waals surface area contributed by atoms with Crippen molar-refractivity contribution in [2.24, 2.45) is 0 Å². The lowest BCUT2D eigenvalue weighted by Crippen LogP contribution is -2.30. The van der Waals surface area contributed by atoms with Gasteiger partial charge in [0.2, 0.25) is 10.0 Å². The molecule has 0 fully saturated rings. The molecule has 0 aliphatic carbocycles. The molecule has 22 heavy (non-hydrogen) atoms. The molecule has 2 rings (SSSR count). The molecule has 0 spiro atoms. The van der Waals surface area contributed by atoms with Gasteiger partial charge in [-0.25, -0.2) is 13.1 Å². The van der Waals surface area contributed by atoms with Crippen LogP contribution in [-0.4, -0.2) is 42.4 Å². The van der Waals surface area contributed by atoms with Gasteiger partial charge in [0.25, 0.3) is 0 Å². The average molecular weight is 322 g/mol. The third-order valence-corrected chi connectivity index (χ3v) is 4.14. The third kappa shape index (κ3) is 5.26. The van der Waals surface area contributed by atoms with Gasteiger partial charge < -0.3 is 10.6 Å². The van der Waals surface area contributed by atoms with Gasteiger partial charge in [-0.15, -0.1) is 10.2 Å². The largest absolute Gasteiger partial charge is 0.367 e. The van der Waals surface area contributed by atoms with Crippen LogP contribution in [0.3, 0.4) is 0 Å². The standard InChI is InChI=1S/C13H18N6O2S/c1-2-22(20,21)16-9-8-15-12-5-6-13(19-18-12)17-11-4-3-7-14-10-11/h3-7,10,16H,2,8-9H2,1H3,(H,15,18)(H,17,19). The van der Waals surface area contributed by atoms with Crippen LogP contribution in [0.5, 0.6) is 0 Å². The Morgan fingerprint density at radius 1 is 1.09 bits per heavy atom. The summed E-state index contributed by atoms with van der Waals surface area (Å²) < 4.78 is 25.0. The van der Waals surface area contributed by atoms with Gasteiger partial charge in [0.05, 0.1) is 17.6 Å². The molecule has 0 radical (unpaired) electrons. The van der Waals surface area contributed by atoms with Gasteiger partial charge in [0.1, 0.15) is 5.82 Å². The Labute approximate surface area is 129 Å². The maximum Gasteiger partial charge on any atom is 0.211 e. The summed E-state index contributed by atoms with van der Waals surface area (Å²) in [7, 11) is -3.16. The van der Waals surface area contributed by atoms with Crippen molar-refractivity contribution < 1.29 is 8.42 Å². The van der Waals surface area contributed by atoms with E-state index in [1.165, 1.54) is 0 Å². The molecule has 0 aliphatic heterocycles. The molecule has 118 valence electrons. The molecule has 0 amide bonds. The van der Waals surface area contributed by atoms with Gasteiger partial charge in [-0.2, -0.15) is 0 Å². The highest BCUT2D eigenvalue weighted by atomic mass is 32.2. The lowest BCUT2D eigenvalue weighted by molar-refractivity contribution is 0.584. The van der Waals surface area contributed by atoms with Crippen LogP contribution in [0, 0.1) is 0 Å². The van der Waals surface area contributed by atoms with Crippen molar-refractivity contribution in [3.05, 3.63) is 36.7 Å². The van der Waals surface area contributed by atoms with Crippen molar-refractivity contribution >= 4 is 27.3 Å². The van der Waals surface area contributed by atoms with E-state index in [0.717, 1.165) is 5.69 Å². The maximum atomic E-state index is 11.2. The van der Waals surface area contributed by atoms with Crippen LogP contribution >= 0.6 is 0 Å². The Bertz CT molecular complexity index is 675. The number of hydrogen-bond donors (Lipinski definition) is 3. The van der Waals surface area contributed by atoms with Crippen molar-refractivity contribution in [3.8, 4) is 0 Å². The first-order valence-corrected chi connectivity index (χ1v) is 8.46. The van der Waals surface area contributed by atoms with E-state index in [4.69, 9.17) is 0 Å². The van der Waals surface area contributed by atoms with E-state index in [9.17, 15) is 8.42 Å². The van der Waals surface area contributed by atoms with Gasteiger partial charge in [-0.05, 0) is 31.2 Å². The van der Waals surface area contributed by atoms with Gasteiger partial charge in [0, 0.05) is 19.3 Å². The molecule has 3 N–H and O–H groups in total. The van der Waals surface area contributed by atoms with E-state index in [1.54, 1.807) is 31.5 Å². The monoisotopic (exact) mass is 322 g/mol. The maximum absolute atomic E-state index is 11.2. The summed E-state index contributed by atoms with van der Waals surface area (Å²) in [5.74, 6) is 1.25. The Morgan fingerprint density at radius 2 is 1.86 bits per heavy atom. The summed E-state index contributed by atoms with van der Waals surface area (Å²) in [6.45, 7) is 2.33. The fourth-order valence-electron chi connectivity index (χ4n) is 1.58. The fraction of sp³-hybridized carbons (Fsp3) is 0.308. The number of anilines is 3. The molecule has 2 aromatic heterocycles. The highest BCUT2D eigenvalue weighted by Crippen LogP contribution is 2.12. The summed E-state index contributed by atoms with van der Waals surface area (Å²) in [5, 5.41) is 14.1. The number of nitrogens with zero attached hydrogens (tertiary/aromatic N) is 3. The van der Waals surface area contributed by atoms with E-state index >= 15 is 0 Å². The number of pyridine rings is 1. The zero-order valence-corrected chi connectivity index (χ0v) is 13.0. The topological polar surface area (TPSA) is 109 Å². The van der Waals surface area contributed by atoms with Crippen LogP contribution in [0.2, 0.25) is 0 Å². The minimum Gasteiger partial charge on any atom is -0.367 e. The van der Waals surface area contributed by atoms with Crippen LogP contribution in [0.4, 0.5) is 17.3 Å². The fourth-order valence-corrected chi connectivity index (χ4v) is 2.19. The van der Waals surface area contributed by atoms with Gasteiger partial charge in [-0.1, -0.05) is 0 Å². The summed E-state index contributed by atoms with van der Waals surface area (Å²) in [6, 6.07) is 7.24. The summed E-state index contributed by atoms with van der Waals surface area (Å²) in [4.78, 5) is 4.00. The van der Waals surface area contributed by atoms with E-state index < -0.39 is 10.0 Å². The van der Waals surface area contributed by atoms with E-state index in [-0.39, 0.29) is 5.75 Å². The first-order chi connectivity index (χ1) is 10.6. The molecule has 2 aromatic rings. The predicted molar refractivity (Wildman–Crippen MR) is 85.5 cm³/mol. The molecule has 9 heteroatoms. The zero-order valence-electron chi connectivity index (χ0n) is 12.2. The zero-order chi connectivity index (χ0) is 15.8. The average Bonchev–Trinajstić information content (AvgIpc) is 2.54. The summed E-state index contributed by atoms with van der Waals surface area (Å²) >= 11 is 0. The minimum absolute atomic E-state index is 0.0709. The van der Waals surface area contributed by atoms with Crippen LogP contribution in [-0.2, 0) is 10.0 Å². The molecule has 0 saturated heterocycles. The molecule has 0 atom stereocenters.